The van der Waals surface area contributed by atoms with Crippen molar-refractivity contribution in [1.29, 1.82) is 0 Å². The van der Waals surface area contributed by atoms with Gasteiger partial charge in [-0.15, -0.1) is 0 Å². The minimum absolute atomic E-state index is 0.165. The van der Waals surface area contributed by atoms with Gasteiger partial charge in [-0.1, -0.05) is 48.0 Å². The second kappa shape index (κ2) is 8.63. The number of carbonyl (C=O) groups is 2. The molecule has 0 spiro atoms. The van der Waals surface area contributed by atoms with Gasteiger partial charge < -0.3 is 10.5 Å². The number of hydrogen-bond acceptors (Lipinski definition) is 5. The topological polar surface area (TPSA) is 95.2 Å². The Labute approximate surface area is 180 Å². The summed E-state index contributed by atoms with van der Waals surface area (Å²) in [7, 11) is 1.36. The van der Waals surface area contributed by atoms with Gasteiger partial charge in [0.1, 0.15) is 5.69 Å². The van der Waals surface area contributed by atoms with Gasteiger partial charge in [-0.25, -0.2) is 4.98 Å². The average molecular weight is 424 g/mol. The Hall–Kier alpha value is -3.25. The van der Waals surface area contributed by atoms with E-state index < -0.39 is 11.8 Å². The lowest BCUT2D eigenvalue weighted by Gasteiger charge is -2.13. The fourth-order valence-electron chi connectivity index (χ4n) is 3.29. The second-order valence-corrected chi connectivity index (χ2v) is 7.42. The predicted octanol–water partition coefficient (Wildman–Crippen LogP) is 4.46. The lowest BCUT2D eigenvalue weighted by Crippen LogP contribution is -2.17. The van der Waals surface area contributed by atoms with Crippen LogP contribution >= 0.6 is 11.6 Å². The van der Waals surface area contributed by atoms with Gasteiger partial charge in [0.05, 0.1) is 30.1 Å². The van der Waals surface area contributed by atoms with Gasteiger partial charge in [0.2, 0.25) is 0 Å². The SMILES string of the molecule is COC(=O)C(C)c1ccc(-c2ccc(-c3nc(C(N)=O)c(C)nc3C)cc2)c(Cl)c1. The summed E-state index contributed by atoms with van der Waals surface area (Å²) in [6.07, 6.45) is 0. The Morgan fingerprint density at radius 1 is 1.00 bits per heavy atom. The fraction of sp³-hybridized carbons (Fsp3) is 0.217. The molecule has 0 aliphatic heterocycles. The summed E-state index contributed by atoms with van der Waals surface area (Å²) in [5.74, 6) is -1.31. The molecule has 154 valence electrons. The van der Waals surface area contributed by atoms with E-state index in [4.69, 9.17) is 22.1 Å². The fourth-order valence-corrected chi connectivity index (χ4v) is 3.59. The first-order chi connectivity index (χ1) is 14.2. The molecule has 0 bridgehead atoms. The molecule has 2 aromatic carbocycles. The summed E-state index contributed by atoms with van der Waals surface area (Å²) in [6, 6.07) is 13.2. The van der Waals surface area contributed by atoms with Crippen LogP contribution in [0.3, 0.4) is 0 Å². The largest absolute Gasteiger partial charge is 0.469 e. The molecule has 0 aliphatic rings. The number of ether oxygens (including phenoxy) is 1. The van der Waals surface area contributed by atoms with Crippen LogP contribution in [-0.2, 0) is 9.53 Å². The number of nitrogens with zero attached hydrogens (tertiary/aromatic N) is 2. The van der Waals surface area contributed by atoms with E-state index in [0.717, 1.165) is 22.3 Å². The number of carbonyl (C=O) groups excluding carboxylic acids is 2. The highest BCUT2D eigenvalue weighted by molar-refractivity contribution is 6.33. The molecule has 7 heteroatoms. The quantitative estimate of drug-likeness (QED) is 0.611. The number of aryl methyl sites for hydroxylation is 2. The Morgan fingerprint density at radius 3 is 2.20 bits per heavy atom. The molecular weight excluding hydrogens is 402 g/mol. The Kier molecular flexibility index (Phi) is 6.17. The van der Waals surface area contributed by atoms with E-state index in [0.29, 0.717) is 22.1 Å². The predicted molar refractivity (Wildman–Crippen MR) is 116 cm³/mol. The number of amides is 1. The van der Waals surface area contributed by atoms with Crippen LogP contribution in [-0.4, -0.2) is 29.0 Å². The van der Waals surface area contributed by atoms with Gasteiger partial charge in [0.15, 0.2) is 0 Å². The van der Waals surface area contributed by atoms with Crippen molar-refractivity contribution in [2.24, 2.45) is 5.73 Å². The van der Waals surface area contributed by atoms with E-state index >= 15 is 0 Å². The van der Waals surface area contributed by atoms with Crippen LogP contribution < -0.4 is 5.73 Å². The zero-order valence-electron chi connectivity index (χ0n) is 17.2. The number of esters is 1. The summed E-state index contributed by atoms with van der Waals surface area (Å²) in [5.41, 5.74) is 10.8. The molecule has 0 aliphatic carbocycles. The van der Waals surface area contributed by atoms with Crippen LogP contribution in [0.2, 0.25) is 5.02 Å². The van der Waals surface area contributed by atoms with Crippen molar-refractivity contribution in [2.45, 2.75) is 26.7 Å². The normalized spacial score (nSPS) is 11.8. The summed E-state index contributed by atoms with van der Waals surface area (Å²) in [4.78, 5) is 32.2. The molecule has 2 N–H and O–H groups in total. The number of hydrogen-bond donors (Lipinski definition) is 1. The second-order valence-electron chi connectivity index (χ2n) is 7.02. The highest BCUT2D eigenvalue weighted by atomic mass is 35.5. The lowest BCUT2D eigenvalue weighted by atomic mass is 9.96. The molecule has 0 radical (unpaired) electrons. The van der Waals surface area contributed by atoms with Gasteiger partial charge >= 0.3 is 5.97 Å². The molecule has 0 fully saturated rings. The highest BCUT2D eigenvalue weighted by Gasteiger charge is 2.18. The number of methoxy groups -OCH3 is 1. The first-order valence-corrected chi connectivity index (χ1v) is 9.73. The standard InChI is InChI=1S/C23H22ClN3O3/c1-12(23(29)30-4)17-9-10-18(19(24)11-17)15-5-7-16(8-6-15)20-13(2)26-14(3)21(27-20)22(25)28/h5-12H,1-4H3,(H2,25,28). The summed E-state index contributed by atoms with van der Waals surface area (Å²) in [5, 5.41) is 0.540. The molecule has 0 saturated carbocycles. The Morgan fingerprint density at radius 2 is 1.63 bits per heavy atom. The number of nitrogens with two attached hydrogens (primary N) is 1. The molecule has 3 aromatic rings. The molecule has 30 heavy (non-hydrogen) atoms. The van der Waals surface area contributed by atoms with Crippen LogP contribution in [0, 0.1) is 13.8 Å². The molecule has 1 heterocycles. The van der Waals surface area contributed by atoms with E-state index in [-0.39, 0.29) is 11.7 Å². The summed E-state index contributed by atoms with van der Waals surface area (Å²) < 4.78 is 4.79. The third-order valence-electron chi connectivity index (χ3n) is 5.00. The minimum Gasteiger partial charge on any atom is -0.469 e. The first-order valence-electron chi connectivity index (χ1n) is 9.36. The maximum Gasteiger partial charge on any atom is 0.312 e. The molecular formula is C23H22ClN3O3. The van der Waals surface area contributed by atoms with Crippen LogP contribution in [0.4, 0.5) is 0 Å². The number of primary amides is 1. The monoisotopic (exact) mass is 423 g/mol. The van der Waals surface area contributed by atoms with E-state index in [9.17, 15) is 9.59 Å². The molecule has 1 atom stereocenters. The van der Waals surface area contributed by atoms with Crippen molar-refractivity contribution in [2.75, 3.05) is 7.11 Å². The maximum absolute atomic E-state index is 11.8. The maximum atomic E-state index is 11.8. The zero-order chi connectivity index (χ0) is 22.0. The zero-order valence-corrected chi connectivity index (χ0v) is 17.9. The third kappa shape index (κ3) is 4.19. The van der Waals surface area contributed by atoms with Crippen molar-refractivity contribution in [3.63, 3.8) is 0 Å². The van der Waals surface area contributed by atoms with Gasteiger partial charge in [0.25, 0.3) is 5.91 Å². The average Bonchev–Trinajstić information content (AvgIpc) is 2.72. The van der Waals surface area contributed by atoms with E-state index in [1.165, 1.54) is 7.11 Å². The third-order valence-corrected chi connectivity index (χ3v) is 5.31. The van der Waals surface area contributed by atoms with Crippen LogP contribution in [0.5, 0.6) is 0 Å². The Balaban J connectivity index is 1.94. The van der Waals surface area contributed by atoms with Crippen LogP contribution in [0.15, 0.2) is 42.5 Å². The van der Waals surface area contributed by atoms with E-state index in [1.807, 2.05) is 43.3 Å². The van der Waals surface area contributed by atoms with Crippen molar-refractivity contribution < 1.29 is 14.3 Å². The molecule has 3 rings (SSSR count). The smallest absolute Gasteiger partial charge is 0.312 e. The van der Waals surface area contributed by atoms with Crippen molar-refractivity contribution in [3.05, 3.63) is 70.1 Å². The molecule has 1 unspecified atom stereocenters. The molecule has 1 amide bonds. The minimum atomic E-state index is -0.606. The number of rotatable bonds is 5. The number of benzene rings is 2. The van der Waals surface area contributed by atoms with E-state index in [1.54, 1.807) is 19.9 Å². The molecule has 1 aromatic heterocycles. The Bertz CT molecular complexity index is 1130. The van der Waals surface area contributed by atoms with E-state index in [2.05, 4.69) is 9.97 Å². The van der Waals surface area contributed by atoms with Gasteiger partial charge in [-0.05, 0) is 38.0 Å². The number of aromatic nitrogens is 2. The van der Waals surface area contributed by atoms with Crippen molar-refractivity contribution in [3.8, 4) is 22.4 Å². The summed E-state index contributed by atoms with van der Waals surface area (Å²) in [6.45, 7) is 5.32. The van der Waals surface area contributed by atoms with Crippen molar-refractivity contribution >= 4 is 23.5 Å². The molecule has 0 saturated heterocycles. The van der Waals surface area contributed by atoms with Gasteiger partial charge in [-0.3, -0.25) is 14.6 Å². The summed E-state index contributed by atoms with van der Waals surface area (Å²) >= 11 is 6.49. The van der Waals surface area contributed by atoms with Crippen LogP contribution in [0.25, 0.3) is 22.4 Å². The lowest BCUT2D eigenvalue weighted by molar-refractivity contribution is -0.141. The number of halogens is 1. The highest BCUT2D eigenvalue weighted by Crippen LogP contribution is 2.33. The van der Waals surface area contributed by atoms with Crippen molar-refractivity contribution in [1.82, 2.24) is 9.97 Å². The van der Waals surface area contributed by atoms with Gasteiger partial charge in [0, 0.05) is 16.1 Å². The molecule has 6 nitrogen and oxygen atoms in total. The first kappa shape index (κ1) is 21.5. The van der Waals surface area contributed by atoms with Crippen LogP contribution in [0.1, 0.15) is 40.3 Å². The van der Waals surface area contributed by atoms with Gasteiger partial charge in [-0.2, -0.15) is 0 Å².